The Hall–Kier alpha value is -4.02. The number of hydrogen-bond donors (Lipinski definition) is 1. The number of methoxy groups -OCH3 is 1. The van der Waals surface area contributed by atoms with Crippen molar-refractivity contribution in [1.82, 2.24) is 24.5 Å². The molecular formula is C28H28Cl2N6O4. The number of nitrogens with two attached hydrogens (primary N) is 1. The molecule has 0 saturated carbocycles. The molecule has 0 saturated heterocycles. The molecule has 0 bridgehead atoms. The van der Waals surface area contributed by atoms with Gasteiger partial charge in [0.15, 0.2) is 5.69 Å². The number of carbonyl (C=O) groups excluding carboxylic acids is 2. The van der Waals surface area contributed by atoms with Gasteiger partial charge < -0.3 is 20.1 Å². The van der Waals surface area contributed by atoms with Crippen molar-refractivity contribution in [2.45, 2.75) is 39.5 Å². The second-order valence-electron chi connectivity index (χ2n) is 10.5. The average molecular weight is 583 g/mol. The summed E-state index contributed by atoms with van der Waals surface area (Å²) in [5.41, 5.74) is 9.13. The van der Waals surface area contributed by atoms with Gasteiger partial charge in [-0.05, 0) is 45.0 Å². The highest BCUT2D eigenvalue weighted by atomic mass is 35.5. The van der Waals surface area contributed by atoms with Crippen molar-refractivity contribution in [3.8, 4) is 39.6 Å². The minimum Gasteiger partial charge on any atom is -0.496 e. The lowest BCUT2D eigenvalue weighted by molar-refractivity contribution is -0.118. The van der Waals surface area contributed by atoms with Gasteiger partial charge in [-0.25, -0.2) is 4.68 Å². The number of nitrogens with zero attached hydrogens (tertiary/aromatic N) is 5. The number of carbonyl (C=O) groups is 2. The van der Waals surface area contributed by atoms with Crippen molar-refractivity contribution >= 4 is 35.0 Å². The summed E-state index contributed by atoms with van der Waals surface area (Å²) in [4.78, 5) is 26.8. The van der Waals surface area contributed by atoms with Gasteiger partial charge in [-0.1, -0.05) is 23.2 Å². The second-order valence-corrected chi connectivity index (χ2v) is 11.4. The Bertz CT molecular complexity index is 1630. The quantitative estimate of drug-likeness (QED) is 0.343. The van der Waals surface area contributed by atoms with E-state index >= 15 is 0 Å². The summed E-state index contributed by atoms with van der Waals surface area (Å²) in [7, 11) is 3.30. The molecule has 2 aromatic heterocycles. The molecule has 0 unspecified atom stereocenters. The monoisotopic (exact) mass is 582 g/mol. The number of halogens is 2. The maximum atomic E-state index is 13.7. The largest absolute Gasteiger partial charge is 0.496 e. The van der Waals surface area contributed by atoms with Crippen molar-refractivity contribution in [3.63, 3.8) is 0 Å². The molecule has 40 heavy (non-hydrogen) atoms. The van der Waals surface area contributed by atoms with Crippen molar-refractivity contribution in [3.05, 3.63) is 64.0 Å². The molecule has 0 atom stereocenters. The van der Waals surface area contributed by atoms with Gasteiger partial charge in [-0.15, -0.1) is 0 Å². The van der Waals surface area contributed by atoms with Crippen molar-refractivity contribution in [1.29, 1.82) is 0 Å². The van der Waals surface area contributed by atoms with Crippen LogP contribution in [-0.2, 0) is 17.9 Å². The third kappa shape index (κ3) is 5.00. The fraction of sp³-hybridized carbons (Fsp3) is 0.286. The average Bonchev–Trinajstić information content (AvgIpc) is 3.50. The Balaban J connectivity index is 1.75. The predicted octanol–water partition coefficient (Wildman–Crippen LogP) is 4.97. The number of primary amides is 1. The molecule has 1 aliphatic rings. The van der Waals surface area contributed by atoms with Crippen LogP contribution in [0.2, 0.25) is 10.0 Å². The number of amides is 2. The molecule has 10 nitrogen and oxygen atoms in total. The predicted molar refractivity (Wildman–Crippen MR) is 152 cm³/mol. The Labute approximate surface area is 241 Å². The summed E-state index contributed by atoms with van der Waals surface area (Å²) in [5, 5.41) is 9.89. The minimum atomic E-state index is -0.508. The van der Waals surface area contributed by atoms with Gasteiger partial charge in [0.25, 0.3) is 5.91 Å². The van der Waals surface area contributed by atoms with E-state index in [9.17, 15) is 9.59 Å². The highest BCUT2D eigenvalue weighted by molar-refractivity contribution is 6.34. The molecule has 208 valence electrons. The zero-order valence-corrected chi connectivity index (χ0v) is 24.2. The molecular weight excluding hydrogens is 555 g/mol. The van der Waals surface area contributed by atoms with E-state index in [2.05, 4.69) is 5.10 Å². The fourth-order valence-electron chi connectivity index (χ4n) is 4.51. The lowest BCUT2D eigenvalue weighted by Crippen LogP contribution is -2.43. The first-order chi connectivity index (χ1) is 18.9. The van der Waals surface area contributed by atoms with Gasteiger partial charge in [0.2, 0.25) is 5.91 Å². The molecule has 0 fully saturated rings. The van der Waals surface area contributed by atoms with Crippen LogP contribution in [-0.4, -0.2) is 56.0 Å². The van der Waals surface area contributed by atoms with Crippen LogP contribution in [0.3, 0.4) is 0 Å². The van der Waals surface area contributed by atoms with Crippen LogP contribution in [0.4, 0.5) is 0 Å². The first-order valence-corrected chi connectivity index (χ1v) is 13.2. The molecule has 0 aliphatic carbocycles. The van der Waals surface area contributed by atoms with Gasteiger partial charge >= 0.3 is 0 Å². The summed E-state index contributed by atoms with van der Waals surface area (Å²) in [6.45, 7) is 5.92. The molecule has 0 radical (unpaired) electrons. The Kier molecular flexibility index (Phi) is 7.01. The molecule has 2 amide bonds. The van der Waals surface area contributed by atoms with Crippen LogP contribution in [0, 0.1) is 0 Å². The molecule has 5 rings (SSSR count). The van der Waals surface area contributed by atoms with Crippen LogP contribution >= 0.6 is 23.2 Å². The smallest absolute Gasteiger partial charge is 0.274 e. The van der Waals surface area contributed by atoms with Crippen molar-refractivity contribution in [2.75, 3.05) is 14.2 Å². The summed E-state index contributed by atoms with van der Waals surface area (Å²) in [6, 6.07) is 8.77. The van der Waals surface area contributed by atoms with Crippen LogP contribution in [0.15, 0.2) is 42.7 Å². The highest BCUT2D eigenvalue weighted by Crippen LogP contribution is 2.46. The summed E-state index contributed by atoms with van der Waals surface area (Å²) >= 11 is 12.7. The van der Waals surface area contributed by atoms with E-state index in [-0.39, 0.29) is 24.8 Å². The molecule has 2 aromatic carbocycles. The lowest BCUT2D eigenvalue weighted by atomic mass is 9.96. The number of aromatic nitrogens is 4. The number of benzene rings is 2. The third-order valence-electron chi connectivity index (χ3n) is 6.78. The van der Waals surface area contributed by atoms with Crippen LogP contribution in [0.5, 0.6) is 11.5 Å². The number of ether oxygens (including phenoxy) is 2. The SMILES string of the molecule is COc1cc2c(cc1-c1cnn(CC(N)=O)c1)-c1c(c(C(=O)N(C)C(C)(C)C)nn1-c1cc(Cl)cc(Cl)c1)CO2. The van der Waals surface area contributed by atoms with E-state index < -0.39 is 11.4 Å². The molecule has 3 heterocycles. The molecule has 2 N–H and O–H groups in total. The van der Waals surface area contributed by atoms with E-state index in [4.69, 9.17) is 43.5 Å². The first-order valence-electron chi connectivity index (χ1n) is 12.4. The van der Waals surface area contributed by atoms with Crippen molar-refractivity contribution < 1.29 is 19.1 Å². The Morgan fingerprint density at radius 1 is 1.12 bits per heavy atom. The first kappa shape index (κ1) is 27.5. The maximum Gasteiger partial charge on any atom is 0.274 e. The zero-order chi connectivity index (χ0) is 28.9. The summed E-state index contributed by atoms with van der Waals surface area (Å²) < 4.78 is 15.0. The van der Waals surface area contributed by atoms with Crippen LogP contribution < -0.4 is 15.2 Å². The normalized spacial score (nSPS) is 12.4. The third-order valence-corrected chi connectivity index (χ3v) is 7.22. The van der Waals surface area contributed by atoms with E-state index in [1.165, 1.54) is 4.68 Å². The van der Waals surface area contributed by atoms with Crippen LogP contribution in [0.1, 0.15) is 36.8 Å². The van der Waals surface area contributed by atoms with Gasteiger partial charge in [-0.3, -0.25) is 14.3 Å². The molecule has 12 heteroatoms. The second kappa shape index (κ2) is 10.2. The molecule has 0 spiro atoms. The number of fused-ring (bicyclic) bond motifs is 3. The topological polar surface area (TPSA) is 118 Å². The summed E-state index contributed by atoms with van der Waals surface area (Å²) in [6.07, 6.45) is 3.33. The number of rotatable bonds is 6. The standard InChI is InChI=1S/C28H28Cl2N6O4/c1-28(2,3)34(4)27(38)25-21-14-40-23-10-22(39-5)19(15-11-32-35(12-15)13-24(31)37)9-20(23)26(21)36(33-25)18-7-16(29)6-17(30)8-18/h6-12H,13-14H2,1-5H3,(H2,31,37). The van der Waals surface area contributed by atoms with Gasteiger partial charge in [0, 0.05) is 57.1 Å². The lowest BCUT2D eigenvalue weighted by Gasteiger charge is -2.31. The maximum absolute atomic E-state index is 13.7. The Morgan fingerprint density at radius 3 is 2.45 bits per heavy atom. The Morgan fingerprint density at radius 2 is 1.82 bits per heavy atom. The number of hydrogen-bond acceptors (Lipinski definition) is 6. The van der Waals surface area contributed by atoms with Crippen molar-refractivity contribution in [2.24, 2.45) is 5.73 Å². The van der Waals surface area contributed by atoms with Gasteiger partial charge in [-0.2, -0.15) is 10.2 Å². The van der Waals surface area contributed by atoms with E-state index in [1.54, 1.807) is 60.4 Å². The van der Waals surface area contributed by atoms with E-state index in [0.717, 1.165) is 0 Å². The fourth-order valence-corrected chi connectivity index (χ4v) is 5.02. The molecule has 4 aromatic rings. The summed E-state index contributed by atoms with van der Waals surface area (Å²) in [5.74, 6) is 0.340. The molecule has 1 aliphatic heterocycles. The zero-order valence-electron chi connectivity index (χ0n) is 22.7. The highest BCUT2D eigenvalue weighted by Gasteiger charge is 2.34. The minimum absolute atomic E-state index is 0.0599. The van der Waals surface area contributed by atoms with E-state index in [0.29, 0.717) is 55.2 Å². The van der Waals surface area contributed by atoms with E-state index in [1.807, 2.05) is 26.8 Å². The van der Waals surface area contributed by atoms with Gasteiger partial charge in [0.05, 0.1) is 24.7 Å². The van der Waals surface area contributed by atoms with Gasteiger partial charge in [0.1, 0.15) is 24.7 Å². The van der Waals surface area contributed by atoms with Crippen LogP contribution in [0.25, 0.3) is 28.1 Å².